The van der Waals surface area contributed by atoms with Crippen molar-refractivity contribution < 1.29 is 4.74 Å². The van der Waals surface area contributed by atoms with Crippen LogP contribution in [0.1, 0.15) is 19.4 Å². The molecule has 1 aromatic rings. The Balaban J connectivity index is 2.56. The number of methoxy groups -OCH3 is 1. The van der Waals surface area contributed by atoms with E-state index in [9.17, 15) is 0 Å². The van der Waals surface area contributed by atoms with Gasteiger partial charge in [0.15, 0.2) is 0 Å². The molecule has 0 heterocycles. The van der Waals surface area contributed by atoms with E-state index in [1.54, 1.807) is 7.11 Å². The summed E-state index contributed by atoms with van der Waals surface area (Å²) in [5.41, 5.74) is 1.16. The monoisotopic (exact) mass is 253 g/mol. The summed E-state index contributed by atoms with van der Waals surface area (Å²) in [6, 6.07) is 8.98. The van der Waals surface area contributed by atoms with Gasteiger partial charge in [0, 0.05) is 23.8 Å². The van der Waals surface area contributed by atoms with Crippen LogP contribution in [-0.2, 0) is 4.74 Å². The predicted molar refractivity (Wildman–Crippen MR) is 75.8 cm³/mol. The maximum absolute atomic E-state index is 5.52. The number of benzene rings is 1. The van der Waals surface area contributed by atoms with Crippen LogP contribution in [-0.4, -0.2) is 31.6 Å². The van der Waals surface area contributed by atoms with E-state index in [1.807, 2.05) is 18.8 Å². The van der Waals surface area contributed by atoms with Gasteiger partial charge in [-0.15, -0.1) is 11.8 Å². The molecule has 1 aromatic carbocycles. The zero-order chi connectivity index (χ0) is 12.9. The molecule has 0 saturated carbocycles. The van der Waals surface area contributed by atoms with Crippen molar-refractivity contribution >= 4 is 11.8 Å². The zero-order valence-electron chi connectivity index (χ0n) is 11.4. The lowest BCUT2D eigenvalue weighted by Crippen LogP contribution is -2.48. The first-order chi connectivity index (χ1) is 7.99. The number of hydrogen-bond donors (Lipinski definition) is 1. The van der Waals surface area contributed by atoms with Crippen LogP contribution in [0.15, 0.2) is 29.2 Å². The van der Waals surface area contributed by atoms with Gasteiger partial charge in [0.2, 0.25) is 0 Å². The SMILES string of the molecule is CNC(CSc1ccc(C)cc1)C(C)(C)OC. The highest BCUT2D eigenvalue weighted by Crippen LogP contribution is 2.23. The summed E-state index contributed by atoms with van der Waals surface area (Å²) in [5, 5.41) is 3.33. The minimum Gasteiger partial charge on any atom is -0.377 e. The lowest BCUT2D eigenvalue weighted by molar-refractivity contribution is -0.00155. The quantitative estimate of drug-likeness (QED) is 0.787. The van der Waals surface area contributed by atoms with Gasteiger partial charge in [-0.05, 0) is 40.0 Å². The fourth-order valence-corrected chi connectivity index (χ4v) is 2.84. The topological polar surface area (TPSA) is 21.3 Å². The highest BCUT2D eigenvalue weighted by molar-refractivity contribution is 7.99. The molecule has 1 atom stereocenters. The molecule has 17 heavy (non-hydrogen) atoms. The van der Waals surface area contributed by atoms with Crippen molar-refractivity contribution in [1.29, 1.82) is 0 Å². The van der Waals surface area contributed by atoms with Crippen molar-refractivity contribution in [3.8, 4) is 0 Å². The molecule has 0 aliphatic heterocycles. The van der Waals surface area contributed by atoms with E-state index in [4.69, 9.17) is 4.74 Å². The van der Waals surface area contributed by atoms with Crippen LogP contribution in [0, 0.1) is 6.92 Å². The van der Waals surface area contributed by atoms with Crippen LogP contribution in [0.25, 0.3) is 0 Å². The van der Waals surface area contributed by atoms with Gasteiger partial charge >= 0.3 is 0 Å². The third-order valence-corrected chi connectivity index (χ3v) is 4.26. The molecule has 1 N–H and O–H groups in total. The van der Waals surface area contributed by atoms with Crippen molar-refractivity contribution in [2.24, 2.45) is 0 Å². The van der Waals surface area contributed by atoms with E-state index >= 15 is 0 Å². The Bertz CT molecular complexity index is 335. The number of rotatable bonds is 6. The molecule has 0 spiro atoms. The van der Waals surface area contributed by atoms with Gasteiger partial charge in [0.1, 0.15) is 0 Å². The second-order valence-electron chi connectivity index (χ2n) is 4.77. The van der Waals surface area contributed by atoms with Gasteiger partial charge in [0.25, 0.3) is 0 Å². The smallest absolute Gasteiger partial charge is 0.0783 e. The first kappa shape index (κ1) is 14.6. The predicted octanol–water partition coefficient (Wildman–Crippen LogP) is 3.10. The van der Waals surface area contributed by atoms with Crippen LogP contribution >= 0.6 is 11.8 Å². The minimum absolute atomic E-state index is 0.146. The van der Waals surface area contributed by atoms with Crippen LogP contribution in [0.2, 0.25) is 0 Å². The molecule has 2 nitrogen and oxygen atoms in total. The summed E-state index contributed by atoms with van der Waals surface area (Å²) < 4.78 is 5.52. The maximum Gasteiger partial charge on any atom is 0.0783 e. The number of likely N-dealkylation sites (N-methyl/N-ethyl adjacent to an activating group) is 1. The van der Waals surface area contributed by atoms with Crippen LogP contribution in [0.3, 0.4) is 0 Å². The molecular weight excluding hydrogens is 230 g/mol. The van der Waals surface area contributed by atoms with Crippen molar-refractivity contribution in [3.05, 3.63) is 29.8 Å². The molecule has 96 valence electrons. The summed E-state index contributed by atoms with van der Waals surface area (Å²) in [6.45, 7) is 6.34. The summed E-state index contributed by atoms with van der Waals surface area (Å²) >= 11 is 1.86. The van der Waals surface area contributed by atoms with Crippen LogP contribution in [0.5, 0.6) is 0 Å². The van der Waals surface area contributed by atoms with Gasteiger partial charge in [0.05, 0.1) is 5.60 Å². The first-order valence-corrected chi connectivity index (χ1v) is 6.90. The molecule has 1 unspecified atom stereocenters. The molecule has 0 saturated heterocycles. The Kier molecular flexibility index (Phi) is 5.50. The second kappa shape index (κ2) is 6.43. The molecule has 0 amide bonds. The lowest BCUT2D eigenvalue weighted by Gasteiger charge is -2.32. The highest BCUT2D eigenvalue weighted by Gasteiger charge is 2.27. The Hall–Kier alpha value is -0.510. The fourth-order valence-electron chi connectivity index (χ4n) is 1.59. The average molecular weight is 253 g/mol. The van der Waals surface area contributed by atoms with E-state index in [-0.39, 0.29) is 5.60 Å². The van der Waals surface area contributed by atoms with E-state index in [1.165, 1.54) is 10.5 Å². The third-order valence-electron chi connectivity index (χ3n) is 3.15. The number of nitrogens with one attached hydrogen (secondary N) is 1. The molecule has 0 bridgehead atoms. The standard InChI is InChI=1S/C14H23NOS/c1-11-6-8-12(9-7-11)17-10-13(15-4)14(2,3)16-5/h6-9,13,15H,10H2,1-5H3. The molecule has 1 rings (SSSR count). The molecular formula is C14H23NOS. The van der Waals surface area contributed by atoms with E-state index in [2.05, 4.69) is 50.4 Å². The summed E-state index contributed by atoms with van der Waals surface area (Å²) in [4.78, 5) is 1.31. The van der Waals surface area contributed by atoms with E-state index in [0.29, 0.717) is 6.04 Å². The molecule has 0 aliphatic rings. The molecule has 3 heteroatoms. The lowest BCUT2D eigenvalue weighted by atomic mass is 10.0. The minimum atomic E-state index is -0.146. The van der Waals surface area contributed by atoms with Gasteiger partial charge in [-0.1, -0.05) is 17.7 Å². The van der Waals surface area contributed by atoms with Gasteiger partial charge < -0.3 is 10.1 Å². The molecule has 0 aliphatic carbocycles. The third kappa shape index (κ3) is 4.34. The molecule has 0 aromatic heterocycles. The number of thioether (sulfide) groups is 1. The van der Waals surface area contributed by atoms with Crippen LogP contribution in [0.4, 0.5) is 0 Å². The summed E-state index contributed by atoms with van der Waals surface area (Å²) in [6.07, 6.45) is 0. The Morgan fingerprint density at radius 3 is 2.35 bits per heavy atom. The maximum atomic E-state index is 5.52. The summed E-state index contributed by atoms with van der Waals surface area (Å²) in [7, 11) is 3.75. The number of aryl methyl sites for hydroxylation is 1. The fraction of sp³-hybridized carbons (Fsp3) is 0.571. The Morgan fingerprint density at radius 1 is 1.29 bits per heavy atom. The first-order valence-electron chi connectivity index (χ1n) is 5.91. The number of ether oxygens (including phenoxy) is 1. The summed E-state index contributed by atoms with van der Waals surface area (Å²) in [5.74, 6) is 1.00. The van der Waals surface area contributed by atoms with Crippen LogP contribution < -0.4 is 5.32 Å². The van der Waals surface area contributed by atoms with Gasteiger partial charge in [-0.25, -0.2) is 0 Å². The Morgan fingerprint density at radius 2 is 1.88 bits per heavy atom. The van der Waals surface area contributed by atoms with Gasteiger partial charge in [-0.3, -0.25) is 0 Å². The van der Waals surface area contributed by atoms with E-state index < -0.39 is 0 Å². The largest absolute Gasteiger partial charge is 0.377 e. The van der Waals surface area contributed by atoms with Crippen molar-refractivity contribution in [2.45, 2.75) is 37.3 Å². The highest BCUT2D eigenvalue weighted by atomic mass is 32.2. The average Bonchev–Trinajstić information content (AvgIpc) is 2.32. The molecule has 0 fully saturated rings. The number of hydrogen-bond acceptors (Lipinski definition) is 3. The molecule has 0 radical (unpaired) electrons. The van der Waals surface area contributed by atoms with Crippen molar-refractivity contribution in [2.75, 3.05) is 19.9 Å². The van der Waals surface area contributed by atoms with E-state index in [0.717, 1.165) is 5.75 Å². The zero-order valence-corrected chi connectivity index (χ0v) is 12.2. The van der Waals surface area contributed by atoms with Crippen molar-refractivity contribution in [3.63, 3.8) is 0 Å². The Labute approximate surface area is 109 Å². The van der Waals surface area contributed by atoms with Gasteiger partial charge in [-0.2, -0.15) is 0 Å². The van der Waals surface area contributed by atoms with Crippen molar-refractivity contribution in [1.82, 2.24) is 5.32 Å². The second-order valence-corrected chi connectivity index (χ2v) is 5.87. The normalized spacial score (nSPS) is 13.7.